The molecule has 5 heteroatoms. The van der Waals surface area contributed by atoms with Crippen LogP contribution < -0.4 is 0 Å². The number of Topliss-reactive ketones (excluding diaryl/α,β-unsaturated/α-hetero) is 1. The molecule has 6 aliphatic rings. The molecule has 0 unspecified atom stereocenters. The van der Waals surface area contributed by atoms with Gasteiger partial charge < -0.3 is 20.1 Å². The lowest BCUT2D eigenvalue weighted by molar-refractivity contribution is -0.203. The van der Waals surface area contributed by atoms with Gasteiger partial charge in [-0.2, -0.15) is 0 Å². The smallest absolute Gasteiger partial charge is 0.138 e. The molecule has 5 saturated carbocycles. The maximum absolute atomic E-state index is 12.9. The maximum atomic E-state index is 12.9. The SMILES string of the molecule is CC(C)(O)[C@@H]1CC[C@](C)([C@H]2[C@@H](O)C[C@@]3(C)[C@@H]4C[C@H](O)[C@H]5C(C)(C)C(=O)CC[C@@]56C[C@@]46CC[C@]23C)O1. The van der Waals surface area contributed by atoms with E-state index in [-0.39, 0.29) is 39.6 Å². The maximum Gasteiger partial charge on any atom is 0.138 e. The van der Waals surface area contributed by atoms with Crippen molar-refractivity contribution in [2.75, 3.05) is 0 Å². The standard InChI is InChI=1S/C30H48O5/c1-24(2)20(33)8-11-30-16-29(30)13-12-26(5)23(28(7)10-9-21(35-28)25(3,4)34)18(32)15-27(26,6)19(29)14-17(31)22(24)30/h17-19,21-23,31-32,34H,8-16H2,1-7H3/t17-,18-,19-,21-,22-,23-,26+,27-,28+,29-,30+/m0/s1. The molecule has 6 fully saturated rings. The summed E-state index contributed by atoms with van der Waals surface area (Å²) >= 11 is 0. The van der Waals surface area contributed by atoms with Crippen LogP contribution in [0.3, 0.4) is 0 Å². The molecule has 0 amide bonds. The number of aliphatic hydroxyl groups is 3. The van der Waals surface area contributed by atoms with Gasteiger partial charge in [-0.15, -0.1) is 0 Å². The van der Waals surface area contributed by atoms with Crippen LogP contribution in [0.4, 0.5) is 0 Å². The van der Waals surface area contributed by atoms with Crippen molar-refractivity contribution >= 4 is 5.78 Å². The molecule has 0 radical (unpaired) electrons. The minimum Gasteiger partial charge on any atom is -0.393 e. The van der Waals surface area contributed by atoms with Crippen LogP contribution in [0.25, 0.3) is 0 Å². The van der Waals surface area contributed by atoms with Crippen LogP contribution in [-0.2, 0) is 9.53 Å². The predicted octanol–water partition coefficient (Wildman–Crippen LogP) is 4.64. The molecule has 6 rings (SSSR count). The van der Waals surface area contributed by atoms with E-state index < -0.39 is 28.8 Å². The number of ketones is 1. The van der Waals surface area contributed by atoms with Gasteiger partial charge in [0.25, 0.3) is 0 Å². The largest absolute Gasteiger partial charge is 0.393 e. The summed E-state index contributed by atoms with van der Waals surface area (Å²) in [6.45, 7) is 14.8. The number of carbonyl (C=O) groups is 1. The lowest BCUT2D eigenvalue weighted by atomic mass is 9.41. The van der Waals surface area contributed by atoms with Crippen LogP contribution in [0.2, 0.25) is 0 Å². The number of ether oxygens (including phenoxy) is 1. The van der Waals surface area contributed by atoms with E-state index in [1.165, 1.54) is 0 Å². The fraction of sp³-hybridized carbons (Fsp3) is 0.967. The first-order valence-corrected chi connectivity index (χ1v) is 14.3. The summed E-state index contributed by atoms with van der Waals surface area (Å²) in [5.41, 5.74) is -1.71. The lowest BCUT2D eigenvalue weighted by Gasteiger charge is -2.63. The Morgan fingerprint density at radius 2 is 1.57 bits per heavy atom. The van der Waals surface area contributed by atoms with Crippen molar-refractivity contribution in [3.63, 3.8) is 0 Å². The second-order valence-corrected chi connectivity index (χ2v) is 15.7. The molecule has 0 bridgehead atoms. The van der Waals surface area contributed by atoms with Crippen LogP contribution in [0.5, 0.6) is 0 Å². The van der Waals surface area contributed by atoms with E-state index >= 15 is 0 Å². The highest BCUT2D eigenvalue weighted by atomic mass is 16.5. The fourth-order valence-electron chi connectivity index (χ4n) is 12.0. The van der Waals surface area contributed by atoms with E-state index in [9.17, 15) is 20.1 Å². The topological polar surface area (TPSA) is 87.0 Å². The van der Waals surface area contributed by atoms with Crippen molar-refractivity contribution in [2.24, 2.45) is 44.8 Å². The molecule has 0 aromatic carbocycles. The van der Waals surface area contributed by atoms with Gasteiger partial charge in [0.05, 0.1) is 29.5 Å². The zero-order chi connectivity index (χ0) is 25.6. The van der Waals surface area contributed by atoms with E-state index in [1.807, 2.05) is 13.8 Å². The van der Waals surface area contributed by atoms with Gasteiger partial charge in [0.2, 0.25) is 0 Å². The van der Waals surface area contributed by atoms with E-state index in [4.69, 9.17) is 4.74 Å². The van der Waals surface area contributed by atoms with Crippen molar-refractivity contribution in [3.8, 4) is 0 Å². The van der Waals surface area contributed by atoms with Gasteiger partial charge in [-0.3, -0.25) is 4.79 Å². The van der Waals surface area contributed by atoms with Gasteiger partial charge in [0, 0.05) is 23.7 Å². The van der Waals surface area contributed by atoms with Crippen molar-refractivity contribution in [2.45, 2.75) is 136 Å². The summed E-state index contributed by atoms with van der Waals surface area (Å²) in [4.78, 5) is 12.9. The van der Waals surface area contributed by atoms with E-state index in [2.05, 4.69) is 34.6 Å². The number of hydrogen-bond donors (Lipinski definition) is 3. The Labute approximate surface area is 211 Å². The van der Waals surface area contributed by atoms with Gasteiger partial charge >= 0.3 is 0 Å². The van der Waals surface area contributed by atoms with Crippen molar-refractivity contribution in [1.29, 1.82) is 0 Å². The summed E-state index contributed by atoms with van der Waals surface area (Å²) in [5, 5.41) is 34.0. The third-order valence-corrected chi connectivity index (χ3v) is 13.5. The highest BCUT2D eigenvalue weighted by Crippen LogP contribution is 2.89. The summed E-state index contributed by atoms with van der Waals surface area (Å²) in [6, 6.07) is 0. The van der Waals surface area contributed by atoms with Gasteiger partial charge in [-0.1, -0.05) is 27.7 Å². The average molecular weight is 489 g/mol. The molecule has 1 saturated heterocycles. The number of carbonyl (C=O) groups excluding carboxylic acids is 1. The fourth-order valence-corrected chi connectivity index (χ4v) is 12.0. The number of rotatable bonds is 2. The van der Waals surface area contributed by atoms with E-state index in [0.29, 0.717) is 18.1 Å². The number of aliphatic hydroxyl groups excluding tert-OH is 2. The zero-order valence-electron chi connectivity index (χ0n) is 23.0. The van der Waals surface area contributed by atoms with E-state index in [1.54, 1.807) is 0 Å². The molecule has 2 spiro atoms. The van der Waals surface area contributed by atoms with Crippen LogP contribution in [-0.4, -0.2) is 50.6 Å². The molecule has 11 atom stereocenters. The van der Waals surface area contributed by atoms with Crippen LogP contribution in [0.1, 0.15) is 106 Å². The van der Waals surface area contributed by atoms with E-state index in [0.717, 1.165) is 51.4 Å². The molecule has 0 aromatic rings. The molecule has 1 aliphatic heterocycles. The quantitative estimate of drug-likeness (QED) is 0.527. The van der Waals surface area contributed by atoms with Crippen LogP contribution >= 0.6 is 0 Å². The first-order chi connectivity index (χ1) is 16.0. The highest BCUT2D eigenvalue weighted by molar-refractivity contribution is 5.86. The van der Waals surface area contributed by atoms with Crippen molar-refractivity contribution < 1.29 is 24.9 Å². The Bertz CT molecular complexity index is 953. The Kier molecular flexibility index (Phi) is 4.78. The van der Waals surface area contributed by atoms with Gasteiger partial charge in [-0.05, 0) is 99.7 Å². The van der Waals surface area contributed by atoms with Gasteiger partial charge in [-0.25, -0.2) is 0 Å². The Balaban J connectivity index is 1.37. The molecule has 5 aliphatic carbocycles. The summed E-state index contributed by atoms with van der Waals surface area (Å²) in [5.74, 6) is 0.756. The monoisotopic (exact) mass is 488 g/mol. The first kappa shape index (κ1) is 24.8. The molecule has 0 aromatic heterocycles. The third-order valence-electron chi connectivity index (χ3n) is 13.5. The molecule has 3 N–H and O–H groups in total. The Hall–Kier alpha value is -0.490. The molecule has 1 heterocycles. The molecular weight excluding hydrogens is 440 g/mol. The van der Waals surface area contributed by atoms with Gasteiger partial charge in [0.15, 0.2) is 0 Å². The van der Waals surface area contributed by atoms with Crippen LogP contribution in [0, 0.1) is 44.8 Å². The normalized spacial score (nSPS) is 58.9. The second kappa shape index (κ2) is 6.74. The highest BCUT2D eigenvalue weighted by Gasteiger charge is 2.84. The Morgan fingerprint density at radius 3 is 2.20 bits per heavy atom. The minimum atomic E-state index is -0.893. The number of fused-ring (bicyclic) bond motifs is 2. The summed E-state index contributed by atoms with van der Waals surface area (Å²) < 4.78 is 6.65. The molecule has 198 valence electrons. The second-order valence-electron chi connectivity index (χ2n) is 15.7. The predicted molar refractivity (Wildman–Crippen MR) is 133 cm³/mol. The van der Waals surface area contributed by atoms with Crippen molar-refractivity contribution in [3.05, 3.63) is 0 Å². The summed E-state index contributed by atoms with van der Waals surface area (Å²) in [6.07, 6.45) is 6.97. The molecule has 35 heavy (non-hydrogen) atoms. The average Bonchev–Trinajstić information content (AvgIpc) is 3.08. The number of hydrogen-bond acceptors (Lipinski definition) is 5. The first-order valence-electron chi connectivity index (χ1n) is 14.3. The van der Waals surface area contributed by atoms with Gasteiger partial charge in [0.1, 0.15) is 5.78 Å². The Morgan fingerprint density at radius 1 is 0.886 bits per heavy atom. The minimum absolute atomic E-state index is 0.0126. The summed E-state index contributed by atoms with van der Waals surface area (Å²) in [7, 11) is 0. The molecular formula is C30H48O5. The van der Waals surface area contributed by atoms with Crippen molar-refractivity contribution in [1.82, 2.24) is 0 Å². The molecule has 5 nitrogen and oxygen atoms in total. The zero-order valence-corrected chi connectivity index (χ0v) is 23.0. The lowest BCUT2D eigenvalue weighted by Crippen LogP contribution is -2.61. The van der Waals surface area contributed by atoms with Crippen LogP contribution in [0.15, 0.2) is 0 Å². The third kappa shape index (κ3) is 2.72.